The minimum absolute atomic E-state index is 0.121. The molecule has 2 aromatic carbocycles. The maximum atomic E-state index is 12.1. The van der Waals surface area contributed by atoms with Crippen LogP contribution in [0.5, 0.6) is 11.5 Å². The number of para-hydroxylation sites is 2. The highest BCUT2D eigenvalue weighted by molar-refractivity contribution is 5.94. The topological polar surface area (TPSA) is 79.9 Å². The summed E-state index contributed by atoms with van der Waals surface area (Å²) in [7, 11) is 3.88. The highest BCUT2D eigenvalue weighted by Gasteiger charge is 2.08. The molecule has 0 bridgehead atoms. The second-order valence-corrected chi connectivity index (χ2v) is 6.22. The third-order valence-corrected chi connectivity index (χ3v) is 3.89. The fraction of sp³-hybridized carbons (Fsp3) is 0.333. The predicted octanol–water partition coefficient (Wildman–Crippen LogP) is 2.08. The molecule has 0 atom stereocenters. The van der Waals surface area contributed by atoms with Crippen LogP contribution in [0, 0.1) is 0 Å². The van der Waals surface area contributed by atoms with Crippen LogP contribution in [-0.2, 0) is 4.79 Å². The van der Waals surface area contributed by atoms with Gasteiger partial charge in [0.15, 0.2) is 18.1 Å². The van der Waals surface area contributed by atoms with E-state index in [0.29, 0.717) is 36.8 Å². The Morgan fingerprint density at radius 2 is 1.50 bits per heavy atom. The Bertz CT molecular complexity index is 775. The summed E-state index contributed by atoms with van der Waals surface area (Å²) in [4.78, 5) is 26.0. The van der Waals surface area contributed by atoms with Gasteiger partial charge in [-0.25, -0.2) is 0 Å². The van der Waals surface area contributed by atoms with Gasteiger partial charge in [0.25, 0.3) is 11.8 Å². The van der Waals surface area contributed by atoms with Crippen LogP contribution in [0.1, 0.15) is 17.3 Å². The van der Waals surface area contributed by atoms with Gasteiger partial charge < -0.3 is 25.0 Å². The molecule has 0 heterocycles. The number of carbonyl (C=O) groups is 2. The van der Waals surface area contributed by atoms with E-state index in [1.165, 1.54) is 0 Å². The Morgan fingerprint density at radius 3 is 2.11 bits per heavy atom. The van der Waals surface area contributed by atoms with E-state index >= 15 is 0 Å². The molecule has 0 fully saturated rings. The highest BCUT2D eigenvalue weighted by atomic mass is 16.5. The van der Waals surface area contributed by atoms with Gasteiger partial charge in [-0.15, -0.1) is 0 Å². The average molecular weight is 385 g/mol. The Hall–Kier alpha value is -3.22. The lowest BCUT2D eigenvalue weighted by Crippen LogP contribution is -2.36. The molecule has 28 heavy (non-hydrogen) atoms. The number of benzene rings is 2. The number of carbonyl (C=O) groups excluding carboxylic acids is 2. The zero-order chi connectivity index (χ0) is 20.4. The number of hydrogen-bond acceptors (Lipinski definition) is 5. The number of hydrogen-bond donors (Lipinski definition) is 2. The zero-order valence-electron chi connectivity index (χ0n) is 16.5. The zero-order valence-corrected chi connectivity index (χ0v) is 16.5. The first-order valence-corrected chi connectivity index (χ1v) is 9.18. The SMILES string of the molecule is CCOc1ccccc1OCC(=O)NCCNC(=O)c1ccc(N(C)C)cc1. The van der Waals surface area contributed by atoms with Crippen molar-refractivity contribution in [1.29, 1.82) is 0 Å². The first-order chi connectivity index (χ1) is 13.5. The number of ether oxygens (including phenoxy) is 2. The molecule has 0 unspecified atom stereocenters. The Kier molecular flexibility index (Phi) is 8.14. The van der Waals surface area contributed by atoms with Crippen LogP contribution in [0.15, 0.2) is 48.5 Å². The van der Waals surface area contributed by atoms with E-state index in [-0.39, 0.29) is 18.4 Å². The average Bonchev–Trinajstić information content (AvgIpc) is 2.70. The molecule has 0 radical (unpaired) electrons. The fourth-order valence-electron chi connectivity index (χ4n) is 2.43. The molecular weight excluding hydrogens is 358 g/mol. The maximum Gasteiger partial charge on any atom is 0.258 e. The maximum absolute atomic E-state index is 12.1. The molecule has 0 aliphatic carbocycles. The summed E-state index contributed by atoms with van der Waals surface area (Å²) in [5, 5.41) is 5.48. The van der Waals surface area contributed by atoms with Gasteiger partial charge in [-0.2, -0.15) is 0 Å². The second kappa shape index (κ2) is 10.8. The van der Waals surface area contributed by atoms with Crippen LogP contribution < -0.4 is 25.0 Å². The monoisotopic (exact) mass is 385 g/mol. The molecule has 0 spiro atoms. The minimum Gasteiger partial charge on any atom is -0.490 e. The van der Waals surface area contributed by atoms with Crippen LogP contribution >= 0.6 is 0 Å². The molecule has 2 aromatic rings. The van der Waals surface area contributed by atoms with Crippen molar-refractivity contribution < 1.29 is 19.1 Å². The van der Waals surface area contributed by atoms with Crippen LogP contribution in [0.3, 0.4) is 0 Å². The molecule has 0 aliphatic heterocycles. The van der Waals surface area contributed by atoms with Gasteiger partial charge in [0, 0.05) is 38.4 Å². The lowest BCUT2D eigenvalue weighted by atomic mass is 10.2. The van der Waals surface area contributed by atoms with Crippen molar-refractivity contribution >= 4 is 17.5 Å². The van der Waals surface area contributed by atoms with Crippen LogP contribution in [-0.4, -0.2) is 52.2 Å². The van der Waals surface area contributed by atoms with Gasteiger partial charge in [-0.1, -0.05) is 12.1 Å². The van der Waals surface area contributed by atoms with Crippen molar-refractivity contribution in [3.8, 4) is 11.5 Å². The van der Waals surface area contributed by atoms with E-state index in [4.69, 9.17) is 9.47 Å². The van der Waals surface area contributed by atoms with Gasteiger partial charge in [-0.05, 0) is 43.3 Å². The number of rotatable bonds is 10. The lowest BCUT2D eigenvalue weighted by molar-refractivity contribution is -0.123. The molecule has 0 aliphatic rings. The summed E-state index contributed by atoms with van der Waals surface area (Å²) in [6.45, 7) is 2.93. The summed E-state index contributed by atoms with van der Waals surface area (Å²) in [6, 6.07) is 14.5. The van der Waals surface area contributed by atoms with Crippen molar-refractivity contribution in [3.05, 3.63) is 54.1 Å². The van der Waals surface area contributed by atoms with Crippen molar-refractivity contribution in [2.24, 2.45) is 0 Å². The number of nitrogens with one attached hydrogen (secondary N) is 2. The second-order valence-electron chi connectivity index (χ2n) is 6.22. The normalized spacial score (nSPS) is 10.1. The molecule has 150 valence electrons. The van der Waals surface area contributed by atoms with Crippen LogP contribution in [0.25, 0.3) is 0 Å². The molecule has 2 rings (SSSR count). The van der Waals surface area contributed by atoms with Crippen molar-refractivity contribution in [2.75, 3.05) is 45.3 Å². The number of amides is 2. The smallest absolute Gasteiger partial charge is 0.258 e. The summed E-state index contributed by atoms with van der Waals surface area (Å²) >= 11 is 0. The van der Waals surface area contributed by atoms with Gasteiger partial charge in [0.2, 0.25) is 0 Å². The highest BCUT2D eigenvalue weighted by Crippen LogP contribution is 2.26. The van der Waals surface area contributed by atoms with E-state index < -0.39 is 0 Å². The van der Waals surface area contributed by atoms with E-state index in [0.717, 1.165) is 5.69 Å². The molecule has 0 saturated carbocycles. The van der Waals surface area contributed by atoms with Gasteiger partial charge in [0.1, 0.15) is 0 Å². The molecule has 0 saturated heterocycles. The van der Waals surface area contributed by atoms with Gasteiger partial charge in [0.05, 0.1) is 6.61 Å². The Balaban J connectivity index is 1.69. The third kappa shape index (κ3) is 6.50. The largest absolute Gasteiger partial charge is 0.490 e. The summed E-state index contributed by atoms with van der Waals surface area (Å²) in [6.07, 6.45) is 0. The summed E-state index contributed by atoms with van der Waals surface area (Å²) < 4.78 is 11.0. The Morgan fingerprint density at radius 1 is 0.893 bits per heavy atom. The van der Waals surface area contributed by atoms with Crippen molar-refractivity contribution in [2.45, 2.75) is 6.92 Å². The van der Waals surface area contributed by atoms with E-state index in [2.05, 4.69) is 10.6 Å². The third-order valence-electron chi connectivity index (χ3n) is 3.89. The van der Waals surface area contributed by atoms with Crippen molar-refractivity contribution in [3.63, 3.8) is 0 Å². The predicted molar refractivity (Wildman–Crippen MR) is 109 cm³/mol. The van der Waals surface area contributed by atoms with Gasteiger partial charge in [-0.3, -0.25) is 9.59 Å². The minimum atomic E-state index is -0.268. The molecule has 2 amide bonds. The molecule has 7 nitrogen and oxygen atoms in total. The first-order valence-electron chi connectivity index (χ1n) is 9.18. The number of nitrogens with zero attached hydrogens (tertiary/aromatic N) is 1. The fourth-order valence-corrected chi connectivity index (χ4v) is 2.43. The standard InChI is InChI=1S/C21H27N3O4/c1-4-27-18-7-5-6-8-19(18)28-15-20(25)22-13-14-23-21(26)16-9-11-17(12-10-16)24(2)3/h5-12H,4,13-15H2,1-3H3,(H,22,25)(H,23,26). The quantitative estimate of drug-likeness (QED) is 0.612. The van der Waals surface area contributed by atoms with Gasteiger partial charge >= 0.3 is 0 Å². The van der Waals surface area contributed by atoms with E-state index in [1.54, 1.807) is 24.3 Å². The van der Waals surface area contributed by atoms with E-state index in [9.17, 15) is 9.59 Å². The first kappa shape index (κ1) is 21.1. The Labute approximate surface area is 165 Å². The summed E-state index contributed by atoms with van der Waals surface area (Å²) in [5.41, 5.74) is 1.60. The van der Waals surface area contributed by atoms with Crippen LogP contribution in [0.4, 0.5) is 5.69 Å². The van der Waals surface area contributed by atoms with E-state index in [1.807, 2.05) is 50.2 Å². The summed E-state index contributed by atoms with van der Waals surface area (Å²) in [5.74, 6) is 0.677. The molecular formula is C21H27N3O4. The molecule has 2 N–H and O–H groups in total. The number of anilines is 1. The molecule has 0 aromatic heterocycles. The molecule has 7 heteroatoms. The lowest BCUT2D eigenvalue weighted by Gasteiger charge is -2.13. The van der Waals surface area contributed by atoms with Crippen LogP contribution in [0.2, 0.25) is 0 Å². The van der Waals surface area contributed by atoms with Crippen molar-refractivity contribution in [1.82, 2.24) is 10.6 Å².